The number of piperidine rings is 1. The van der Waals surface area contributed by atoms with Gasteiger partial charge in [0.2, 0.25) is 10.0 Å². The molecule has 1 aromatic carbocycles. The Hall–Kier alpha value is -2.23. The van der Waals surface area contributed by atoms with E-state index in [0.717, 1.165) is 49.0 Å². The van der Waals surface area contributed by atoms with E-state index in [1.165, 1.54) is 42.7 Å². The first-order valence-corrected chi connectivity index (χ1v) is 13.6. The van der Waals surface area contributed by atoms with Crippen LogP contribution >= 0.6 is 11.3 Å². The van der Waals surface area contributed by atoms with Crippen molar-refractivity contribution in [2.75, 3.05) is 19.0 Å². The van der Waals surface area contributed by atoms with Gasteiger partial charge in [0.1, 0.15) is 5.00 Å². The standard InChI is InChI=1S/C24H30N2O5S2/c1-15-7-12-19-20(14-15)32-23(21(19)24(28)31-3)25-22(27)17-8-10-18(11-9-17)33(29,30)26-13-5-4-6-16(26)2/h8-11,15-16H,4-7,12-14H2,1-3H3,(H,25,27). The number of benzene rings is 1. The highest BCUT2D eigenvalue weighted by Crippen LogP contribution is 2.40. The molecule has 1 amide bonds. The summed E-state index contributed by atoms with van der Waals surface area (Å²) < 4.78 is 32.6. The first-order valence-electron chi connectivity index (χ1n) is 11.4. The Morgan fingerprint density at radius 2 is 1.85 bits per heavy atom. The van der Waals surface area contributed by atoms with Crippen LogP contribution in [0.4, 0.5) is 5.00 Å². The monoisotopic (exact) mass is 490 g/mol. The Morgan fingerprint density at radius 3 is 2.52 bits per heavy atom. The Kier molecular flexibility index (Phi) is 6.93. The van der Waals surface area contributed by atoms with Crippen molar-refractivity contribution < 1.29 is 22.7 Å². The van der Waals surface area contributed by atoms with Crippen LogP contribution in [0.5, 0.6) is 0 Å². The van der Waals surface area contributed by atoms with Crippen LogP contribution in [0.1, 0.15) is 70.7 Å². The maximum atomic E-state index is 13.0. The largest absolute Gasteiger partial charge is 0.465 e. The number of hydrogen-bond acceptors (Lipinski definition) is 6. The number of nitrogens with zero attached hydrogens (tertiary/aromatic N) is 1. The summed E-state index contributed by atoms with van der Waals surface area (Å²) in [6.45, 7) is 4.63. The number of amides is 1. The number of carbonyl (C=O) groups excluding carboxylic acids is 2. The van der Waals surface area contributed by atoms with E-state index in [2.05, 4.69) is 12.2 Å². The highest BCUT2D eigenvalue weighted by molar-refractivity contribution is 7.89. The molecule has 0 bridgehead atoms. The average Bonchev–Trinajstić information content (AvgIpc) is 3.15. The molecule has 0 spiro atoms. The van der Waals surface area contributed by atoms with Crippen molar-refractivity contribution in [3.8, 4) is 0 Å². The van der Waals surface area contributed by atoms with E-state index in [1.54, 1.807) is 4.31 Å². The number of fused-ring (bicyclic) bond motifs is 1. The van der Waals surface area contributed by atoms with Crippen molar-refractivity contribution in [3.05, 3.63) is 45.8 Å². The number of thiophene rings is 1. The number of esters is 1. The maximum Gasteiger partial charge on any atom is 0.341 e. The van der Waals surface area contributed by atoms with E-state index >= 15 is 0 Å². The lowest BCUT2D eigenvalue weighted by atomic mass is 9.88. The zero-order valence-corrected chi connectivity index (χ0v) is 20.9. The second-order valence-electron chi connectivity index (χ2n) is 8.99. The number of methoxy groups -OCH3 is 1. The summed E-state index contributed by atoms with van der Waals surface area (Å²) in [4.78, 5) is 26.7. The van der Waals surface area contributed by atoms with Crippen molar-refractivity contribution in [1.29, 1.82) is 0 Å². The fourth-order valence-corrected chi connectivity index (χ4v) is 7.77. The predicted molar refractivity (Wildman–Crippen MR) is 128 cm³/mol. The first-order chi connectivity index (χ1) is 15.7. The van der Waals surface area contributed by atoms with Crippen LogP contribution in [0.15, 0.2) is 29.2 Å². The molecular weight excluding hydrogens is 460 g/mol. The summed E-state index contributed by atoms with van der Waals surface area (Å²) in [5.74, 6) is -0.307. The van der Waals surface area contributed by atoms with Gasteiger partial charge in [0.05, 0.1) is 17.6 Å². The first kappa shape index (κ1) is 23.9. The molecule has 1 N–H and O–H groups in total. The molecule has 9 heteroatoms. The van der Waals surface area contributed by atoms with Gasteiger partial charge in [-0.25, -0.2) is 13.2 Å². The third kappa shape index (κ3) is 4.72. The van der Waals surface area contributed by atoms with Gasteiger partial charge in [-0.2, -0.15) is 4.31 Å². The summed E-state index contributed by atoms with van der Waals surface area (Å²) >= 11 is 1.42. The molecule has 0 radical (unpaired) electrons. The number of hydrogen-bond donors (Lipinski definition) is 1. The number of nitrogens with one attached hydrogen (secondary N) is 1. The minimum absolute atomic E-state index is 0.0314. The molecule has 2 aromatic rings. The summed E-state index contributed by atoms with van der Waals surface area (Å²) in [7, 11) is -2.26. The lowest BCUT2D eigenvalue weighted by Gasteiger charge is -2.32. The number of rotatable bonds is 5. The lowest BCUT2D eigenvalue weighted by Crippen LogP contribution is -2.41. The molecule has 33 heavy (non-hydrogen) atoms. The van der Waals surface area contributed by atoms with Gasteiger partial charge in [-0.3, -0.25) is 4.79 Å². The van der Waals surface area contributed by atoms with Crippen LogP contribution in [-0.4, -0.2) is 44.3 Å². The lowest BCUT2D eigenvalue weighted by molar-refractivity contribution is 0.0600. The average molecular weight is 491 g/mol. The molecular formula is C24H30N2O5S2. The van der Waals surface area contributed by atoms with Gasteiger partial charge in [-0.1, -0.05) is 13.3 Å². The Morgan fingerprint density at radius 1 is 1.12 bits per heavy atom. The smallest absolute Gasteiger partial charge is 0.341 e. The fraction of sp³-hybridized carbons (Fsp3) is 0.500. The topological polar surface area (TPSA) is 92.8 Å². The molecule has 178 valence electrons. The minimum Gasteiger partial charge on any atom is -0.465 e. The summed E-state index contributed by atoms with van der Waals surface area (Å²) in [5.41, 5.74) is 1.74. The second kappa shape index (κ2) is 9.56. The maximum absolute atomic E-state index is 13.0. The van der Waals surface area contributed by atoms with Crippen LogP contribution in [-0.2, 0) is 27.6 Å². The molecule has 2 heterocycles. The van der Waals surface area contributed by atoms with Crippen molar-refractivity contribution in [2.45, 2.75) is 63.3 Å². The molecule has 4 rings (SSSR count). The molecule has 2 unspecified atom stereocenters. The molecule has 1 aliphatic heterocycles. The number of anilines is 1. The van der Waals surface area contributed by atoms with E-state index in [9.17, 15) is 18.0 Å². The van der Waals surface area contributed by atoms with Gasteiger partial charge in [0.15, 0.2) is 0 Å². The highest BCUT2D eigenvalue weighted by Gasteiger charge is 2.32. The Labute approximate surface area is 199 Å². The molecule has 2 aliphatic rings. The Bertz CT molecular complexity index is 1150. The normalized spacial score (nSPS) is 21.3. The summed E-state index contributed by atoms with van der Waals surface area (Å²) in [6.07, 6.45) is 5.40. The number of ether oxygens (including phenoxy) is 1. The van der Waals surface area contributed by atoms with Gasteiger partial charge >= 0.3 is 5.97 Å². The van der Waals surface area contributed by atoms with Crippen molar-refractivity contribution in [2.24, 2.45) is 5.92 Å². The van der Waals surface area contributed by atoms with Gasteiger partial charge < -0.3 is 10.1 Å². The van der Waals surface area contributed by atoms with Crippen molar-refractivity contribution in [3.63, 3.8) is 0 Å². The fourth-order valence-electron chi connectivity index (χ4n) is 4.67. The van der Waals surface area contributed by atoms with Gasteiger partial charge in [-0.05, 0) is 74.8 Å². The third-order valence-corrected chi connectivity index (χ3v) is 9.79. The van der Waals surface area contributed by atoms with E-state index in [-0.39, 0.29) is 16.8 Å². The molecule has 2 atom stereocenters. The van der Waals surface area contributed by atoms with E-state index < -0.39 is 16.0 Å². The van der Waals surface area contributed by atoms with Crippen LogP contribution in [0.2, 0.25) is 0 Å². The summed E-state index contributed by atoms with van der Waals surface area (Å²) in [5, 5.41) is 3.35. The molecule has 1 aliphatic carbocycles. The Balaban J connectivity index is 1.56. The quantitative estimate of drug-likeness (QED) is 0.624. The van der Waals surface area contributed by atoms with Gasteiger partial charge in [-0.15, -0.1) is 11.3 Å². The zero-order chi connectivity index (χ0) is 23.8. The SMILES string of the molecule is COC(=O)c1c(NC(=O)c2ccc(S(=O)(=O)N3CCCCC3C)cc2)sc2c1CCC(C)C2. The third-order valence-electron chi connectivity index (χ3n) is 6.59. The van der Waals surface area contributed by atoms with Crippen LogP contribution in [0, 0.1) is 5.92 Å². The van der Waals surface area contributed by atoms with Crippen molar-refractivity contribution in [1.82, 2.24) is 4.31 Å². The van der Waals surface area contributed by atoms with Gasteiger partial charge in [0.25, 0.3) is 5.91 Å². The van der Waals surface area contributed by atoms with Crippen LogP contribution < -0.4 is 5.32 Å². The molecule has 7 nitrogen and oxygen atoms in total. The van der Waals surface area contributed by atoms with Crippen LogP contribution in [0.3, 0.4) is 0 Å². The van der Waals surface area contributed by atoms with E-state index in [1.807, 2.05) is 6.92 Å². The van der Waals surface area contributed by atoms with Crippen molar-refractivity contribution >= 4 is 38.2 Å². The molecule has 1 saturated heterocycles. The molecule has 1 fully saturated rings. The van der Waals surface area contributed by atoms with E-state index in [4.69, 9.17) is 4.74 Å². The number of sulfonamides is 1. The molecule has 0 saturated carbocycles. The van der Waals surface area contributed by atoms with Gasteiger partial charge in [0, 0.05) is 23.0 Å². The second-order valence-corrected chi connectivity index (χ2v) is 12.0. The van der Waals surface area contributed by atoms with Crippen LogP contribution in [0.25, 0.3) is 0 Å². The van der Waals surface area contributed by atoms with E-state index in [0.29, 0.717) is 28.6 Å². The zero-order valence-electron chi connectivity index (χ0n) is 19.2. The summed E-state index contributed by atoms with van der Waals surface area (Å²) in [6, 6.07) is 5.96. The minimum atomic E-state index is -3.60. The predicted octanol–water partition coefficient (Wildman–Crippen LogP) is 4.47. The highest BCUT2D eigenvalue weighted by atomic mass is 32.2. The molecule has 1 aromatic heterocycles. The number of carbonyl (C=O) groups is 2.